The average molecular weight is 274 g/mol. The summed E-state index contributed by atoms with van der Waals surface area (Å²) in [6.07, 6.45) is 5.57. The topological polar surface area (TPSA) is 55.6 Å². The highest BCUT2D eigenvalue weighted by molar-refractivity contribution is 5.96. The summed E-state index contributed by atoms with van der Waals surface area (Å²) in [4.78, 5) is 14.5. The molecule has 0 aromatic heterocycles. The van der Waals surface area contributed by atoms with Gasteiger partial charge < -0.3 is 15.4 Å². The van der Waals surface area contributed by atoms with Gasteiger partial charge in [0, 0.05) is 25.0 Å². The van der Waals surface area contributed by atoms with E-state index in [1.54, 1.807) is 7.11 Å². The van der Waals surface area contributed by atoms with Gasteiger partial charge in [-0.15, -0.1) is 0 Å². The van der Waals surface area contributed by atoms with E-state index in [4.69, 9.17) is 10.5 Å². The standard InChI is InChI=1S/C16H22N2O2/c1-20-16(8-4-9-16)11-15(19)18-10-3-5-12-13(17)6-2-7-14(12)18/h2,6-7H,3-5,8-11,17H2,1H3. The SMILES string of the molecule is COC1(CC(=O)N2CCCc3c(N)cccc32)CCC1. The van der Waals surface area contributed by atoms with Crippen LogP contribution in [0.4, 0.5) is 11.4 Å². The van der Waals surface area contributed by atoms with E-state index in [-0.39, 0.29) is 11.5 Å². The lowest BCUT2D eigenvalue weighted by molar-refractivity contribution is -0.131. The lowest BCUT2D eigenvalue weighted by Crippen LogP contribution is -2.46. The number of benzene rings is 1. The fourth-order valence-electron chi connectivity index (χ4n) is 3.31. The summed E-state index contributed by atoms with van der Waals surface area (Å²) in [5, 5.41) is 0. The molecule has 1 saturated carbocycles. The highest BCUT2D eigenvalue weighted by Crippen LogP contribution is 2.40. The first kappa shape index (κ1) is 13.4. The molecule has 4 nitrogen and oxygen atoms in total. The molecule has 1 aromatic rings. The van der Waals surface area contributed by atoms with Crippen LogP contribution >= 0.6 is 0 Å². The summed E-state index contributed by atoms with van der Waals surface area (Å²) in [5.41, 5.74) is 8.73. The third-order valence-corrected chi connectivity index (χ3v) is 4.76. The molecule has 0 atom stereocenters. The van der Waals surface area contributed by atoms with Crippen LogP contribution in [0.3, 0.4) is 0 Å². The van der Waals surface area contributed by atoms with E-state index in [9.17, 15) is 4.79 Å². The summed E-state index contributed by atoms with van der Waals surface area (Å²) in [7, 11) is 1.72. The molecule has 1 aromatic carbocycles. The Hall–Kier alpha value is -1.55. The predicted octanol–water partition coefficient (Wildman–Crippen LogP) is 2.51. The summed E-state index contributed by atoms with van der Waals surface area (Å²) in [6.45, 7) is 0.787. The van der Waals surface area contributed by atoms with E-state index in [1.165, 1.54) is 0 Å². The maximum absolute atomic E-state index is 12.6. The Kier molecular flexibility index (Phi) is 3.42. The molecule has 1 aliphatic heterocycles. The van der Waals surface area contributed by atoms with Crippen molar-refractivity contribution >= 4 is 17.3 Å². The first-order valence-corrected chi connectivity index (χ1v) is 7.38. The fraction of sp³-hybridized carbons (Fsp3) is 0.562. The monoisotopic (exact) mass is 274 g/mol. The van der Waals surface area contributed by atoms with Crippen molar-refractivity contribution in [2.24, 2.45) is 0 Å². The molecule has 4 heteroatoms. The molecule has 2 N–H and O–H groups in total. The van der Waals surface area contributed by atoms with Crippen LogP contribution < -0.4 is 10.6 Å². The highest BCUT2D eigenvalue weighted by atomic mass is 16.5. The lowest BCUT2D eigenvalue weighted by Gasteiger charge is -2.41. The van der Waals surface area contributed by atoms with Crippen LogP contribution in [0.25, 0.3) is 0 Å². The van der Waals surface area contributed by atoms with Crippen molar-refractivity contribution in [2.45, 2.75) is 44.1 Å². The van der Waals surface area contributed by atoms with Crippen LogP contribution in [0, 0.1) is 0 Å². The lowest BCUT2D eigenvalue weighted by atomic mass is 9.77. The number of nitrogens with two attached hydrogens (primary N) is 1. The molecule has 1 fully saturated rings. The van der Waals surface area contributed by atoms with Gasteiger partial charge in [-0.3, -0.25) is 4.79 Å². The molecular formula is C16H22N2O2. The number of hydrogen-bond acceptors (Lipinski definition) is 3. The van der Waals surface area contributed by atoms with Gasteiger partial charge in [-0.1, -0.05) is 6.07 Å². The van der Waals surface area contributed by atoms with Crippen molar-refractivity contribution in [3.63, 3.8) is 0 Å². The maximum atomic E-state index is 12.6. The number of carbonyl (C=O) groups is 1. The van der Waals surface area contributed by atoms with Crippen molar-refractivity contribution in [3.05, 3.63) is 23.8 Å². The first-order chi connectivity index (χ1) is 9.65. The second-order valence-corrected chi connectivity index (χ2v) is 5.91. The van der Waals surface area contributed by atoms with Crippen molar-refractivity contribution in [1.82, 2.24) is 0 Å². The molecule has 1 aliphatic carbocycles. The molecule has 108 valence electrons. The van der Waals surface area contributed by atoms with Crippen molar-refractivity contribution in [2.75, 3.05) is 24.3 Å². The molecule has 0 radical (unpaired) electrons. The molecule has 20 heavy (non-hydrogen) atoms. The Morgan fingerprint density at radius 1 is 1.40 bits per heavy atom. The Labute approximate surface area is 119 Å². The zero-order valence-electron chi connectivity index (χ0n) is 12.0. The summed E-state index contributed by atoms with van der Waals surface area (Å²) >= 11 is 0. The largest absolute Gasteiger partial charge is 0.398 e. The average Bonchev–Trinajstić information content (AvgIpc) is 2.42. The molecule has 1 amide bonds. The minimum Gasteiger partial charge on any atom is -0.398 e. The van der Waals surface area contributed by atoms with Crippen LogP contribution in [-0.4, -0.2) is 25.2 Å². The van der Waals surface area contributed by atoms with E-state index in [0.29, 0.717) is 6.42 Å². The van der Waals surface area contributed by atoms with E-state index < -0.39 is 0 Å². The van der Waals surface area contributed by atoms with Gasteiger partial charge in [-0.05, 0) is 49.8 Å². The highest BCUT2D eigenvalue weighted by Gasteiger charge is 2.40. The second-order valence-electron chi connectivity index (χ2n) is 5.91. The van der Waals surface area contributed by atoms with Gasteiger partial charge in [0.05, 0.1) is 12.0 Å². The van der Waals surface area contributed by atoms with Crippen molar-refractivity contribution < 1.29 is 9.53 Å². The molecule has 0 saturated heterocycles. The smallest absolute Gasteiger partial charge is 0.229 e. The van der Waals surface area contributed by atoms with Crippen LogP contribution in [0.2, 0.25) is 0 Å². The number of ether oxygens (including phenoxy) is 1. The molecule has 2 aliphatic rings. The number of nitrogens with zero attached hydrogens (tertiary/aromatic N) is 1. The minimum absolute atomic E-state index is 0.165. The van der Waals surface area contributed by atoms with Gasteiger partial charge in [-0.25, -0.2) is 0 Å². The zero-order chi connectivity index (χ0) is 14.2. The molecule has 0 spiro atoms. The van der Waals surface area contributed by atoms with Crippen LogP contribution in [0.5, 0.6) is 0 Å². The summed E-state index contributed by atoms with van der Waals surface area (Å²) in [6, 6.07) is 5.84. The van der Waals surface area contributed by atoms with Crippen LogP contribution in [0.15, 0.2) is 18.2 Å². The molecule has 0 bridgehead atoms. The normalized spacial score (nSPS) is 20.1. The quantitative estimate of drug-likeness (QED) is 0.862. The molecule has 3 rings (SSSR count). The van der Waals surface area contributed by atoms with Crippen molar-refractivity contribution in [1.29, 1.82) is 0 Å². The van der Waals surface area contributed by atoms with Crippen LogP contribution in [0.1, 0.15) is 37.7 Å². The number of carbonyl (C=O) groups excluding carboxylic acids is 1. The summed E-state index contributed by atoms with van der Waals surface area (Å²) in [5.74, 6) is 0.165. The molecule has 0 unspecified atom stereocenters. The zero-order valence-corrected chi connectivity index (χ0v) is 12.0. The molecular weight excluding hydrogens is 252 g/mol. The fourth-order valence-corrected chi connectivity index (χ4v) is 3.31. The van der Waals surface area contributed by atoms with E-state index in [1.807, 2.05) is 23.1 Å². The van der Waals surface area contributed by atoms with Gasteiger partial charge >= 0.3 is 0 Å². The van der Waals surface area contributed by atoms with Gasteiger partial charge in [0.25, 0.3) is 0 Å². The number of fused-ring (bicyclic) bond motifs is 1. The number of nitrogen functional groups attached to an aromatic ring is 1. The maximum Gasteiger partial charge on any atom is 0.229 e. The van der Waals surface area contributed by atoms with E-state index in [2.05, 4.69) is 0 Å². The molecule has 1 heterocycles. The second kappa shape index (κ2) is 5.09. The Balaban J connectivity index is 1.82. The Bertz CT molecular complexity index is 518. The number of hydrogen-bond donors (Lipinski definition) is 1. The minimum atomic E-state index is -0.213. The van der Waals surface area contributed by atoms with E-state index in [0.717, 1.165) is 55.6 Å². The Morgan fingerprint density at radius 3 is 2.85 bits per heavy atom. The Morgan fingerprint density at radius 2 is 2.20 bits per heavy atom. The third kappa shape index (κ3) is 2.18. The number of rotatable bonds is 3. The van der Waals surface area contributed by atoms with Gasteiger partial charge in [0.2, 0.25) is 5.91 Å². The van der Waals surface area contributed by atoms with Gasteiger partial charge in [0.15, 0.2) is 0 Å². The number of amides is 1. The van der Waals surface area contributed by atoms with E-state index >= 15 is 0 Å². The summed E-state index contributed by atoms with van der Waals surface area (Å²) < 4.78 is 5.57. The van der Waals surface area contributed by atoms with Crippen LogP contribution in [-0.2, 0) is 16.0 Å². The third-order valence-electron chi connectivity index (χ3n) is 4.76. The number of methoxy groups -OCH3 is 1. The van der Waals surface area contributed by atoms with Crippen molar-refractivity contribution in [3.8, 4) is 0 Å². The van der Waals surface area contributed by atoms with Gasteiger partial charge in [-0.2, -0.15) is 0 Å². The van der Waals surface area contributed by atoms with Gasteiger partial charge in [0.1, 0.15) is 0 Å². The first-order valence-electron chi connectivity index (χ1n) is 7.38. The number of anilines is 2. The predicted molar refractivity (Wildman–Crippen MR) is 79.7 cm³/mol.